The third-order valence-corrected chi connectivity index (χ3v) is 2.62. The first-order valence-corrected chi connectivity index (χ1v) is 4.85. The molecule has 1 aliphatic heterocycles. The summed E-state index contributed by atoms with van der Waals surface area (Å²) in [4.78, 5) is 10.3. The van der Waals surface area contributed by atoms with Gasteiger partial charge in [-0.2, -0.15) is 0 Å². The summed E-state index contributed by atoms with van der Waals surface area (Å²) in [6.07, 6.45) is 1.79. The molecule has 0 saturated carbocycles. The summed E-state index contributed by atoms with van der Waals surface area (Å²) in [6, 6.07) is 3.52. The van der Waals surface area contributed by atoms with Crippen molar-refractivity contribution in [3.63, 3.8) is 0 Å². The van der Waals surface area contributed by atoms with Crippen molar-refractivity contribution in [1.29, 1.82) is 0 Å². The van der Waals surface area contributed by atoms with E-state index in [9.17, 15) is 14.5 Å². The van der Waals surface area contributed by atoms with Crippen LogP contribution in [0.4, 0.5) is 10.1 Å². The van der Waals surface area contributed by atoms with E-state index < -0.39 is 10.7 Å². The van der Waals surface area contributed by atoms with Gasteiger partial charge in [-0.1, -0.05) is 0 Å². The van der Waals surface area contributed by atoms with Crippen LogP contribution in [0.25, 0.3) is 0 Å². The lowest BCUT2D eigenvalue weighted by atomic mass is 10.0. The topological polar surface area (TPSA) is 55.2 Å². The quantitative estimate of drug-likeness (QED) is 0.601. The van der Waals surface area contributed by atoms with E-state index >= 15 is 0 Å². The summed E-state index contributed by atoms with van der Waals surface area (Å²) in [6.45, 7) is 0.832. The Morgan fingerprint density at radius 3 is 2.93 bits per heavy atom. The number of nitro benzene ring substituents is 1. The van der Waals surface area contributed by atoms with Crippen LogP contribution in [0.5, 0.6) is 0 Å². The minimum atomic E-state index is -0.464. The van der Waals surface area contributed by atoms with Crippen LogP contribution in [0.2, 0.25) is 0 Å². The highest BCUT2D eigenvalue weighted by Crippen LogP contribution is 2.31. The summed E-state index contributed by atoms with van der Waals surface area (Å²) in [5.41, 5.74) is 0.452. The zero-order valence-electron chi connectivity index (χ0n) is 8.07. The van der Waals surface area contributed by atoms with E-state index in [2.05, 4.69) is 5.32 Å². The van der Waals surface area contributed by atoms with Gasteiger partial charge in [0, 0.05) is 17.7 Å². The molecule has 4 nitrogen and oxygen atoms in total. The molecule has 1 heterocycles. The third-order valence-electron chi connectivity index (χ3n) is 2.62. The second-order valence-electron chi connectivity index (χ2n) is 3.61. The van der Waals surface area contributed by atoms with Crippen molar-refractivity contribution in [1.82, 2.24) is 5.32 Å². The molecule has 15 heavy (non-hydrogen) atoms. The van der Waals surface area contributed by atoms with E-state index in [1.165, 1.54) is 12.1 Å². The number of nitrogens with zero attached hydrogens (tertiary/aromatic N) is 1. The fraction of sp³-hybridized carbons (Fsp3) is 0.400. The largest absolute Gasteiger partial charge is 0.310 e. The normalized spacial score (nSPS) is 20.5. The van der Waals surface area contributed by atoms with Crippen LogP contribution >= 0.6 is 0 Å². The number of halogens is 1. The SMILES string of the molecule is O=[N+]([O-])c1ccc(F)cc1[C@@H]1CCCN1. The average molecular weight is 210 g/mol. The summed E-state index contributed by atoms with van der Waals surface area (Å²) >= 11 is 0. The van der Waals surface area contributed by atoms with Crippen molar-refractivity contribution < 1.29 is 9.31 Å². The molecule has 2 rings (SSSR count). The molecule has 1 aromatic rings. The summed E-state index contributed by atoms with van der Waals surface area (Å²) in [5.74, 6) is -0.427. The highest BCUT2D eigenvalue weighted by Gasteiger charge is 2.24. The maximum absolute atomic E-state index is 13.0. The average Bonchev–Trinajstić information content (AvgIpc) is 2.69. The van der Waals surface area contributed by atoms with Crippen molar-refractivity contribution >= 4 is 5.69 Å². The zero-order valence-corrected chi connectivity index (χ0v) is 8.07. The minimum Gasteiger partial charge on any atom is -0.310 e. The monoisotopic (exact) mass is 210 g/mol. The second kappa shape index (κ2) is 3.94. The first-order chi connectivity index (χ1) is 7.18. The number of rotatable bonds is 2. The number of hydrogen-bond acceptors (Lipinski definition) is 3. The molecular formula is C10H11FN2O2. The molecule has 0 aliphatic carbocycles. The smallest absolute Gasteiger partial charge is 0.274 e. The maximum atomic E-state index is 13.0. The molecule has 1 atom stereocenters. The van der Waals surface area contributed by atoms with Crippen molar-refractivity contribution in [3.8, 4) is 0 Å². The van der Waals surface area contributed by atoms with Gasteiger partial charge in [-0.05, 0) is 31.5 Å². The van der Waals surface area contributed by atoms with Gasteiger partial charge in [0.2, 0.25) is 0 Å². The van der Waals surface area contributed by atoms with E-state index in [-0.39, 0.29) is 11.7 Å². The van der Waals surface area contributed by atoms with E-state index in [4.69, 9.17) is 0 Å². The number of nitro groups is 1. The number of hydrogen-bond donors (Lipinski definition) is 1. The summed E-state index contributed by atoms with van der Waals surface area (Å²) in [7, 11) is 0. The lowest BCUT2D eigenvalue weighted by Gasteiger charge is -2.10. The van der Waals surface area contributed by atoms with Crippen molar-refractivity contribution in [2.45, 2.75) is 18.9 Å². The molecule has 0 unspecified atom stereocenters. The minimum absolute atomic E-state index is 0.00389. The number of nitrogens with one attached hydrogen (secondary N) is 1. The van der Waals surface area contributed by atoms with Gasteiger partial charge in [-0.15, -0.1) is 0 Å². The van der Waals surface area contributed by atoms with Gasteiger partial charge in [-0.3, -0.25) is 10.1 Å². The molecule has 0 bridgehead atoms. The molecule has 1 saturated heterocycles. The molecule has 1 aromatic carbocycles. The summed E-state index contributed by atoms with van der Waals surface area (Å²) in [5, 5.41) is 13.9. The highest BCUT2D eigenvalue weighted by atomic mass is 19.1. The van der Waals surface area contributed by atoms with Crippen LogP contribution in [-0.4, -0.2) is 11.5 Å². The molecule has 1 N–H and O–H groups in total. The Labute approximate surface area is 86.3 Å². The van der Waals surface area contributed by atoms with Gasteiger partial charge in [0.25, 0.3) is 5.69 Å². The Morgan fingerprint density at radius 2 is 2.33 bits per heavy atom. The molecule has 0 radical (unpaired) electrons. The molecule has 5 heteroatoms. The number of benzene rings is 1. The third kappa shape index (κ3) is 1.97. The second-order valence-corrected chi connectivity index (χ2v) is 3.61. The van der Waals surface area contributed by atoms with Crippen LogP contribution in [0.3, 0.4) is 0 Å². The standard InChI is InChI=1S/C10H11FN2O2/c11-7-3-4-10(13(14)15)8(6-7)9-2-1-5-12-9/h3-4,6,9,12H,1-2,5H2/t9-/m0/s1. The predicted molar refractivity (Wildman–Crippen MR) is 53.0 cm³/mol. The van der Waals surface area contributed by atoms with E-state index in [1.807, 2.05) is 0 Å². The van der Waals surface area contributed by atoms with Crippen molar-refractivity contribution in [3.05, 3.63) is 39.7 Å². The van der Waals surface area contributed by atoms with Crippen molar-refractivity contribution in [2.75, 3.05) is 6.54 Å². The Bertz CT molecular complexity index is 389. The first-order valence-electron chi connectivity index (χ1n) is 4.85. The fourth-order valence-corrected chi connectivity index (χ4v) is 1.92. The van der Waals surface area contributed by atoms with E-state index in [1.54, 1.807) is 0 Å². The van der Waals surface area contributed by atoms with Gasteiger partial charge >= 0.3 is 0 Å². The van der Waals surface area contributed by atoms with Crippen LogP contribution < -0.4 is 5.32 Å². The Balaban J connectivity index is 2.41. The van der Waals surface area contributed by atoms with Gasteiger partial charge in [0.05, 0.1) is 4.92 Å². The van der Waals surface area contributed by atoms with Gasteiger partial charge in [-0.25, -0.2) is 4.39 Å². The van der Waals surface area contributed by atoms with Gasteiger partial charge in [0.15, 0.2) is 0 Å². The predicted octanol–water partition coefficient (Wildman–Crippen LogP) is 2.16. The Kier molecular flexibility index (Phi) is 2.64. The molecule has 0 spiro atoms. The Hall–Kier alpha value is -1.49. The summed E-state index contributed by atoms with van der Waals surface area (Å²) < 4.78 is 13.0. The molecule has 0 amide bonds. The van der Waals surface area contributed by atoms with E-state index in [0.717, 1.165) is 25.5 Å². The van der Waals surface area contributed by atoms with Crippen LogP contribution in [0, 0.1) is 15.9 Å². The highest BCUT2D eigenvalue weighted by molar-refractivity contribution is 5.42. The zero-order chi connectivity index (χ0) is 10.8. The molecule has 1 fully saturated rings. The lowest BCUT2D eigenvalue weighted by Crippen LogP contribution is -2.14. The fourth-order valence-electron chi connectivity index (χ4n) is 1.92. The van der Waals surface area contributed by atoms with Gasteiger partial charge < -0.3 is 5.32 Å². The van der Waals surface area contributed by atoms with Crippen LogP contribution in [0.15, 0.2) is 18.2 Å². The van der Waals surface area contributed by atoms with Crippen molar-refractivity contribution in [2.24, 2.45) is 0 Å². The first kappa shape index (κ1) is 10.0. The molecule has 80 valence electrons. The molecular weight excluding hydrogens is 199 g/mol. The lowest BCUT2D eigenvalue weighted by molar-refractivity contribution is -0.385. The molecule has 0 aromatic heterocycles. The molecule has 1 aliphatic rings. The van der Waals surface area contributed by atoms with Crippen LogP contribution in [-0.2, 0) is 0 Å². The maximum Gasteiger partial charge on any atom is 0.274 e. The van der Waals surface area contributed by atoms with Gasteiger partial charge in [0.1, 0.15) is 5.82 Å². The Morgan fingerprint density at radius 1 is 1.53 bits per heavy atom. The van der Waals surface area contributed by atoms with E-state index in [0.29, 0.717) is 5.56 Å². The van der Waals surface area contributed by atoms with Crippen LogP contribution in [0.1, 0.15) is 24.4 Å².